The van der Waals surface area contributed by atoms with Crippen molar-refractivity contribution in [3.63, 3.8) is 0 Å². The van der Waals surface area contributed by atoms with E-state index in [1.807, 2.05) is 0 Å². The van der Waals surface area contributed by atoms with Crippen LogP contribution >= 0.6 is 12.0 Å². The van der Waals surface area contributed by atoms with Gasteiger partial charge in [0.2, 0.25) is 0 Å². The molecule has 0 rings (SSSR count). The van der Waals surface area contributed by atoms with Gasteiger partial charge in [0.05, 0.1) is 18.1 Å². The summed E-state index contributed by atoms with van der Waals surface area (Å²) >= 11 is 0.601. The van der Waals surface area contributed by atoms with E-state index in [4.69, 9.17) is 10.4 Å². The third kappa shape index (κ3) is 5.11. The monoisotopic (exact) mass is 133 g/mol. The molecule has 0 spiro atoms. The second-order valence-electron chi connectivity index (χ2n) is 0.770. The highest BCUT2D eigenvalue weighted by molar-refractivity contribution is 7.95. The Hall–Kier alpha value is -0.890. The van der Waals surface area contributed by atoms with Crippen LogP contribution in [0.5, 0.6) is 0 Å². The average molecular weight is 133 g/mol. The summed E-state index contributed by atoms with van der Waals surface area (Å²) in [6, 6.07) is 1.70. The van der Waals surface area contributed by atoms with E-state index < -0.39 is 6.16 Å². The molecular weight excluding hydrogens is 130 g/mol. The number of hydrogen-bond acceptors (Lipinski definition) is 4. The van der Waals surface area contributed by atoms with Crippen LogP contribution in [-0.4, -0.2) is 17.0 Å². The van der Waals surface area contributed by atoms with Crippen LogP contribution in [0.1, 0.15) is 0 Å². The van der Waals surface area contributed by atoms with E-state index in [1.54, 1.807) is 6.07 Å². The molecule has 44 valence electrons. The number of carbonyl (C=O) groups is 1. The van der Waals surface area contributed by atoms with Crippen LogP contribution in [0.2, 0.25) is 0 Å². The van der Waals surface area contributed by atoms with Crippen LogP contribution in [0.4, 0.5) is 4.79 Å². The summed E-state index contributed by atoms with van der Waals surface area (Å²) in [5.74, 6) is 0.0340. The number of nitrogens with zero attached hydrogens (tertiary/aromatic N) is 1. The molecule has 0 aliphatic rings. The van der Waals surface area contributed by atoms with Crippen molar-refractivity contribution in [2.45, 2.75) is 0 Å². The fourth-order valence-electron chi connectivity index (χ4n) is 0.106. The second-order valence-corrected chi connectivity index (χ2v) is 1.46. The fourth-order valence-corrected chi connectivity index (χ4v) is 0.319. The normalized spacial score (nSPS) is 7.38. The summed E-state index contributed by atoms with van der Waals surface area (Å²) in [5, 5.41) is 15.6. The van der Waals surface area contributed by atoms with Gasteiger partial charge < -0.3 is 9.29 Å². The summed E-state index contributed by atoms with van der Waals surface area (Å²) in [6.45, 7) is 0. The van der Waals surface area contributed by atoms with E-state index in [-0.39, 0.29) is 5.75 Å². The number of rotatable bonds is 2. The van der Waals surface area contributed by atoms with Crippen molar-refractivity contribution in [2.24, 2.45) is 0 Å². The summed E-state index contributed by atoms with van der Waals surface area (Å²) in [4.78, 5) is 9.52. The highest BCUT2D eigenvalue weighted by Crippen LogP contribution is 1.99. The SMILES string of the molecule is N#CCSOC(=O)O. The van der Waals surface area contributed by atoms with Crippen LogP contribution < -0.4 is 0 Å². The van der Waals surface area contributed by atoms with E-state index in [0.717, 1.165) is 0 Å². The third-order valence-corrected chi connectivity index (χ3v) is 0.761. The van der Waals surface area contributed by atoms with Crippen LogP contribution in [0, 0.1) is 11.3 Å². The predicted octanol–water partition coefficient (Wildman–Crippen LogP) is 0.853. The molecule has 0 unspecified atom stereocenters. The molecule has 0 aromatic heterocycles. The Labute approximate surface area is 50.3 Å². The summed E-state index contributed by atoms with van der Waals surface area (Å²) < 4.78 is 3.89. The summed E-state index contributed by atoms with van der Waals surface area (Å²) in [6.07, 6.45) is -1.37. The van der Waals surface area contributed by atoms with Gasteiger partial charge in [-0.3, -0.25) is 0 Å². The first kappa shape index (κ1) is 7.11. The molecule has 0 saturated heterocycles. The average Bonchev–Trinajstić information content (AvgIpc) is 1.66. The molecule has 5 heteroatoms. The number of carboxylic acid groups (broad SMARTS) is 1. The minimum Gasteiger partial charge on any atom is -0.449 e. The van der Waals surface area contributed by atoms with E-state index in [0.29, 0.717) is 12.0 Å². The van der Waals surface area contributed by atoms with E-state index in [1.165, 1.54) is 0 Å². The van der Waals surface area contributed by atoms with E-state index in [9.17, 15) is 4.79 Å². The van der Waals surface area contributed by atoms with E-state index >= 15 is 0 Å². The summed E-state index contributed by atoms with van der Waals surface area (Å²) in [5.41, 5.74) is 0. The number of hydrogen-bond donors (Lipinski definition) is 1. The summed E-state index contributed by atoms with van der Waals surface area (Å²) in [7, 11) is 0. The topological polar surface area (TPSA) is 70.3 Å². The molecule has 4 nitrogen and oxygen atoms in total. The largest absolute Gasteiger partial charge is 0.518 e. The lowest BCUT2D eigenvalue weighted by atomic mass is 10.9. The zero-order valence-corrected chi connectivity index (χ0v) is 4.64. The van der Waals surface area contributed by atoms with E-state index in [2.05, 4.69) is 4.18 Å². The standard InChI is InChI=1S/C3H3NO3S/c4-1-2-8-7-3(5)6/h2H2,(H,5,6). The highest BCUT2D eigenvalue weighted by atomic mass is 32.2. The lowest BCUT2D eigenvalue weighted by Crippen LogP contribution is -1.91. The molecule has 0 heterocycles. The quantitative estimate of drug-likeness (QED) is 0.446. The Morgan fingerprint density at radius 3 is 3.00 bits per heavy atom. The molecule has 0 amide bonds. The van der Waals surface area contributed by atoms with Crippen molar-refractivity contribution < 1.29 is 14.1 Å². The minimum absolute atomic E-state index is 0.0340. The highest BCUT2D eigenvalue weighted by Gasteiger charge is 1.93. The maximum atomic E-state index is 9.52. The molecule has 8 heavy (non-hydrogen) atoms. The van der Waals surface area contributed by atoms with Gasteiger partial charge in [-0.2, -0.15) is 5.26 Å². The fraction of sp³-hybridized carbons (Fsp3) is 0.333. The van der Waals surface area contributed by atoms with Crippen molar-refractivity contribution >= 4 is 18.2 Å². The minimum atomic E-state index is -1.37. The van der Waals surface area contributed by atoms with Gasteiger partial charge >= 0.3 is 6.16 Å². The van der Waals surface area contributed by atoms with Gasteiger partial charge in [0.15, 0.2) is 0 Å². The first-order chi connectivity index (χ1) is 3.77. The van der Waals surface area contributed by atoms with Crippen molar-refractivity contribution in [3.8, 4) is 6.07 Å². The maximum absolute atomic E-state index is 9.52. The Balaban J connectivity index is 2.97. The van der Waals surface area contributed by atoms with Crippen molar-refractivity contribution in [2.75, 3.05) is 5.75 Å². The zero-order chi connectivity index (χ0) is 6.41. The smallest absolute Gasteiger partial charge is 0.449 e. The van der Waals surface area contributed by atoms with Gasteiger partial charge in [0.1, 0.15) is 5.75 Å². The Morgan fingerprint density at radius 2 is 2.62 bits per heavy atom. The Bertz CT molecular complexity index is 118. The maximum Gasteiger partial charge on any atom is 0.518 e. The number of nitriles is 1. The molecule has 0 bridgehead atoms. The van der Waals surface area contributed by atoms with Gasteiger partial charge in [0.25, 0.3) is 0 Å². The lowest BCUT2D eigenvalue weighted by Gasteiger charge is -1.87. The molecular formula is C3H3NO3S. The van der Waals surface area contributed by atoms with Crippen LogP contribution in [-0.2, 0) is 4.18 Å². The second kappa shape index (κ2) is 4.27. The first-order valence-electron chi connectivity index (χ1n) is 1.66. The third-order valence-electron chi connectivity index (χ3n) is 0.254. The molecule has 0 aromatic carbocycles. The molecule has 0 saturated carbocycles. The molecule has 0 atom stereocenters. The van der Waals surface area contributed by atoms with Crippen LogP contribution in [0.25, 0.3) is 0 Å². The van der Waals surface area contributed by atoms with Crippen molar-refractivity contribution in [3.05, 3.63) is 0 Å². The van der Waals surface area contributed by atoms with Gasteiger partial charge in [-0.25, -0.2) is 4.79 Å². The Morgan fingerprint density at radius 1 is 2.00 bits per heavy atom. The molecule has 0 fully saturated rings. The van der Waals surface area contributed by atoms with Gasteiger partial charge in [-0.15, -0.1) is 0 Å². The van der Waals surface area contributed by atoms with Gasteiger partial charge in [-0.05, 0) is 0 Å². The van der Waals surface area contributed by atoms with Crippen molar-refractivity contribution in [1.29, 1.82) is 5.26 Å². The zero-order valence-electron chi connectivity index (χ0n) is 3.83. The van der Waals surface area contributed by atoms with Crippen LogP contribution in [0.15, 0.2) is 0 Å². The van der Waals surface area contributed by atoms with Crippen LogP contribution in [0.3, 0.4) is 0 Å². The first-order valence-corrected chi connectivity index (χ1v) is 2.58. The van der Waals surface area contributed by atoms with Gasteiger partial charge in [-0.1, -0.05) is 0 Å². The Kier molecular flexibility index (Phi) is 3.80. The lowest BCUT2D eigenvalue weighted by molar-refractivity contribution is 0.153. The van der Waals surface area contributed by atoms with Gasteiger partial charge in [0, 0.05) is 0 Å². The molecule has 0 aromatic rings. The van der Waals surface area contributed by atoms with Crippen molar-refractivity contribution in [1.82, 2.24) is 0 Å². The molecule has 0 radical (unpaired) electrons. The molecule has 0 aliphatic heterocycles. The molecule has 1 N–H and O–H groups in total. The molecule has 0 aliphatic carbocycles. The predicted molar refractivity (Wildman–Crippen MR) is 27.2 cm³/mol.